The first-order valence-corrected chi connectivity index (χ1v) is 8.75. The van der Waals surface area contributed by atoms with Crippen LogP contribution in [0.3, 0.4) is 0 Å². The minimum atomic E-state index is 0.153. The molecule has 0 saturated carbocycles. The molecule has 134 valence electrons. The summed E-state index contributed by atoms with van der Waals surface area (Å²) in [5, 5.41) is 5.61. The molecule has 0 fully saturated rings. The molecule has 6 heteroatoms. The van der Waals surface area contributed by atoms with E-state index in [1.165, 1.54) is 0 Å². The third kappa shape index (κ3) is 2.86. The molecular formula is C21H16ClN3O2. The number of aryl methyl sites for hydroxylation is 1. The van der Waals surface area contributed by atoms with Gasteiger partial charge in [0.1, 0.15) is 10.9 Å². The fourth-order valence-electron chi connectivity index (χ4n) is 3.22. The zero-order chi connectivity index (χ0) is 19.0. The molecule has 0 N–H and O–H groups in total. The van der Waals surface area contributed by atoms with Crippen LogP contribution in [-0.2, 0) is 0 Å². The number of nitrogens with zero attached hydrogens (tertiary/aromatic N) is 3. The van der Waals surface area contributed by atoms with Gasteiger partial charge in [0.2, 0.25) is 0 Å². The first-order chi connectivity index (χ1) is 13.1. The first-order valence-electron chi connectivity index (χ1n) is 8.38. The van der Waals surface area contributed by atoms with Crippen molar-refractivity contribution in [2.45, 2.75) is 6.92 Å². The molecule has 0 radical (unpaired) electrons. The van der Waals surface area contributed by atoms with E-state index in [-0.39, 0.29) is 5.15 Å². The highest BCUT2D eigenvalue weighted by atomic mass is 35.5. The van der Waals surface area contributed by atoms with Crippen molar-refractivity contribution in [3.8, 4) is 22.6 Å². The summed E-state index contributed by atoms with van der Waals surface area (Å²) in [5.74, 6) is 0.736. The van der Waals surface area contributed by atoms with Gasteiger partial charge in [-0.05, 0) is 36.8 Å². The molecule has 27 heavy (non-hydrogen) atoms. The van der Waals surface area contributed by atoms with Gasteiger partial charge < -0.3 is 4.74 Å². The lowest BCUT2D eigenvalue weighted by atomic mass is 9.97. The topological polar surface area (TPSA) is 57.0 Å². The Morgan fingerprint density at radius 1 is 1.07 bits per heavy atom. The summed E-state index contributed by atoms with van der Waals surface area (Å²) in [7, 11) is 1.61. The smallest absolute Gasteiger partial charge is 0.165 e. The molecule has 2 aromatic carbocycles. The molecule has 0 unspecified atom stereocenters. The second-order valence-electron chi connectivity index (χ2n) is 6.07. The Morgan fingerprint density at radius 2 is 1.78 bits per heavy atom. The van der Waals surface area contributed by atoms with Crippen LogP contribution in [0.4, 0.5) is 0 Å². The predicted octanol–water partition coefficient (Wildman–Crippen LogP) is 4.87. The van der Waals surface area contributed by atoms with E-state index in [9.17, 15) is 4.79 Å². The number of carbonyl (C=O) groups excluding carboxylic acids is 1. The number of fused-ring (bicyclic) bond motifs is 1. The highest BCUT2D eigenvalue weighted by Gasteiger charge is 2.21. The fraction of sp³-hybridized carbons (Fsp3) is 0.0952. The van der Waals surface area contributed by atoms with Gasteiger partial charge in [-0.1, -0.05) is 41.9 Å². The van der Waals surface area contributed by atoms with E-state index < -0.39 is 0 Å². The lowest BCUT2D eigenvalue weighted by Crippen LogP contribution is -2.00. The Morgan fingerprint density at radius 3 is 2.41 bits per heavy atom. The van der Waals surface area contributed by atoms with Crippen LogP contribution >= 0.6 is 11.6 Å². The molecule has 0 atom stereocenters. The fourth-order valence-corrected chi connectivity index (χ4v) is 3.44. The second-order valence-corrected chi connectivity index (χ2v) is 6.43. The molecule has 0 aliphatic rings. The number of para-hydroxylation sites is 1. The number of hydrogen-bond acceptors (Lipinski definition) is 4. The molecule has 0 amide bonds. The molecule has 2 aromatic heterocycles. The molecular weight excluding hydrogens is 362 g/mol. The maximum absolute atomic E-state index is 11.8. The van der Waals surface area contributed by atoms with Crippen molar-refractivity contribution in [2.75, 3.05) is 7.11 Å². The molecule has 0 aliphatic heterocycles. The highest BCUT2D eigenvalue weighted by Crippen LogP contribution is 2.37. The number of carbonyl (C=O) groups is 1. The lowest BCUT2D eigenvalue weighted by Gasteiger charge is -2.11. The number of ether oxygens (including phenoxy) is 1. The SMILES string of the molecule is COc1ccc(-c2c(C=O)c(Cl)nc3c2c(C)nn3-c2ccccc2)cc1. The van der Waals surface area contributed by atoms with Gasteiger partial charge in [-0.3, -0.25) is 4.79 Å². The van der Waals surface area contributed by atoms with Crippen LogP contribution < -0.4 is 4.74 Å². The number of hydrogen-bond donors (Lipinski definition) is 0. The summed E-state index contributed by atoms with van der Waals surface area (Å²) < 4.78 is 6.98. The predicted molar refractivity (Wildman–Crippen MR) is 106 cm³/mol. The Bertz CT molecular complexity index is 1140. The van der Waals surface area contributed by atoms with Gasteiger partial charge in [-0.2, -0.15) is 5.10 Å². The van der Waals surface area contributed by atoms with Crippen LogP contribution in [0.5, 0.6) is 5.75 Å². The normalized spacial score (nSPS) is 10.9. The Balaban J connectivity index is 2.07. The second kappa shape index (κ2) is 6.85. The van der Waals surface area contributed by atoms with E-state index in [1.807, 2.05) is 61.5 Å². The Labute approximate surface area is 161 Å². The number of benzene rings is 2. The van der Waals surface area contributed by atoms with Crippen LogP contribution in [0.2, 0.25) is 5.15 Å². The van der Waals surface area contributed by atoms with Gasteiger partial charge in [0.25, 0.3) is 0 Å². The third-order valence-corrected chi connectivity index (χ3v) is 4.77. The molecule has 0 spiro atoms. The quantitative estimate of drug-likeness (QED) is 0.376. The summed E-state index contributed by atoms with van der Waals surface area (Å²) in [5.41, 5.74) is 4.18. The van der Waals surface area contributed by atoms with E-state index in [0.717, 1.165) is 39.9 Å². The Kier molecular flexibility index (Phi) is 4.38. The van der Waals surface area contributed by atoms with Crippen LogP contribution in [0.25, 0.3) is 27.8 Å². The van der Waals surface area contributed by atoms with Crippen molar-refractivity contribution >= 4 is 28.9 Å². The summed E-state index contributed by atoms with van der Waals surface area (Å²) in [6.45, 7) is 1.90. The average Bonchev–Trinajstić information content (AvgIpc) is 3.03. The zero-order valence-corrected chi connectivity index (χ0v) is 15.6. The number of methoxy groups -OCH3 is 1. The van der Waals surface area contributed by atoms with Gasteiger partial charge in [0.05, 0.1) is 29.4 Å². The number of aldehydes is 1. The molecule has 0 saturated heterocycles. The van der Waals surface area contributed by atoms with Crippen molar-refractivity contribution < 1.29 is 9.53 Å². The largest absolute Gasteiger partial charge is 0.497 e. The van der Waals surface area contributed by atoms with Crippen molar-refractivity contribution in [1.82, 2.24) is 14.8 Å². The number of aromatic nitrogens is 3. The van der Waals surface area contributed by atoms with Crippen LogP contribution in [0, 0.1) is 6.92 Å². The first kappa shape index (κ1) is 17.2. The molecule has 0 aliphatic carbocycles. The lowest BCUT2D eigenvalue weighted by molar-refractivity contribution is 0.112. The maximum Gasteiger partial charge on any atom is 0.165 e. The molecule has 0 bridgehead atoms. The summed E-state index contributed by atoms with van der Waals surface area (Å²) >= 11 is 6.38. The standard InChI is InChI=1S/C21H16ClN3O2/c1-13-18-19(14-8-10-16(27-2)11-9-14)17(12-26)20(22)23-21(18)25(24-13)15-6-4-3-5-7-15/h3-12H,1-2H3. The van der Waals surface area contributed by atoms with E-state index in [2.05, 4.69) is 10.1 Å². The van der Waals surface area contributed by atoms with Crippen molar-refractivity contribution in [1.29, 1.82) is 0 Å². The minimum Gasteiger partial charge on any atom is -0.497 e. The van der Waals surface area contributed by atoms with Crippen molar-refractivity contribution in [3.63, 3.8) is 0 Å². The summed E-state index contributed by atoms with van der Waals surface area (Å²) in [6.07, 6.45) is 0.744. The van der Waals surface area contributed by atoms with Gasteiger partial charge in [-0.25, -0.2) is 9.67 Å². The van der Waals surface area contributed by atoms with E-state index >= 15 is 0 Å². The van der Waals surface area contributed by atoms with Gasteiger partial charge in [-0.15, -0.1) is 0 Å². The van der Waals surface area contributed by atoms with Crippen molar-refractivity contribution in [2.24, 2.45) is 0 Å². The summed E-state index contributed by atoms with van der Waals surface area (Å²) in [4.78, 5) is 16.3. The van der Waals surface area contributed by atoms with Gasteiger partial charge in [0.15, 0.2) is 11.9 Å². The third-order valence-electron chi connectivity index (χ3n) is 4.48. The molecule has 5 nitrogen and oxygen atoms in total. The van der Waals surface area contributed by atoms with E-state index in [1.54, 1.807) is 11.8 Å². The number of halogens is 1. The van der Waals surface area contributed by atoms with Crippen molar-refractivity contribution in [3.05, 3.63) is 71.0 Å². The minimum absolute atomic E-state index is 0.153. The van der Waals surface area contributed by atoms with E-state index in [4.69, 9.17) is 16.3 Å². The molecule has 4 aromatic rings. The van der Waals surface area contributed by atoms with Crippen LogP contribution in [0.15, 0.2) is 54.6 Å². The number of pyridine rings is 1. The monoisotopic (exact) mass is 377 g/mol. The van der Waals surface area contributed by atoms with Crippen LogP contribution in [-0.4, -0.2) is 28.2 Å². The van der Waals surface area contributed by atoms with E-state index in [0.29, 0.717) is 11.2 Å². The van der Waals surface area contributed by atoms with Gasteiger partial charge >= 0.3 is 0 Å². The number of rotatable bonds is 4. The maximum atomic E-state index is 11.8. The zero-order valence-electron chi connectivity index (χ0n) is 14.8. The highest BCUT2D eigenvalue weighted by molar-refractivity contribution is 6.33. The summed E-state index contributed by atoms with van der Waals surface area (Å²) in [6, 6.07) is 17.2. The van der Waals surface area contributed by atoms with Gasteiger partial charge in [0, 0.05) is 5.56 Å². The average molecular weight is 378 g/mol. The molecule has 2 heterocycles. The van der Waals surface area contributed by atoms with Crippen LogP contribution in [0.1, 0.15) is 16.1 Å². The Hall–Kier alpha value is -3.18. The molecule has 4 rings (SSSR count).